The van der Waals surface area contributed by atoms with Gasteiger partial charge in [-0.15, -0.1) is 11.6 Å². The van der Waals surface area contributed by atoms with Crippen molar-refractivity contribution >= 4 is 76.1 Å². The van der Waals surface area contributed by atoms with Gasteiger partial charge in [0.2, 0.25) is 47.5 Å². The fraction of sp³-hybridized carbons (Fsp3) is 0.494. The summed E-state index contributed by atoms with van der Waals surface area (Å²) in [6.07, 6.45) is -8.50. The predicted octanol–water partition coefficient (Wildman–Crippen LogP) is 2.59. The summed E-state index contributed by atoms with van der Waals surface area (Å²) in [5.74, 6) is -10.7. The van der Waals surface area contributed by atoms with Crippen molar-refractivity contribution in [3.05, 3.63) is 169 Å². The molecule has 0 saturated carbocycles. The lowest BCUT2D eigenvalue weighted by molar-refractivity contribution is -0.317. The lowest BCUT2D eigenvalue weighted by Crippen LogP contribution is -2.63. The molecule has 3 aromatic carbocycles. The van der Waals surface area contributed by atoms with Crippen LogP contribution in [0.2, 0.25) is 5.02 Å². The van der Waals surface area contributed by atoms with Gasteiger partial charge in [0.1, 0.15) is 65.9 Å². The number of hydrogen-bond acceptors (Lipinski definition) is 25. The van der Waals surface area contributed by atoms with Crippen LogP contribution in [-0.4, -0.2) is 223 Å². The molecule has 3 saturated heterocycles. The van der Waals surface area contributed by atoms with Crippen molar-refractivity contribution in [2.75, 3.05) is 26.9 Å². The molecule has 8 unspecified atom stereocenters. The number of aliphatic hydroxyl groups excluding tert-OH is 9. The number of nitrogens with two attached hydrogens (primary N) is 2. The van der Waals surface area contributed by atoms with Crippen molar-refractivity contribution in [3.63, 3.8) is 0 Å². The number of rotatable bonds is 14. The zero-order valence-electron chi connectivity index (χ0n) is 63.6. The van der Waals surface area contributed by atoms with Crippen molar-refractivity contribution in [2.24, 2.45) is 28.3 Å². The largest absolute Gasteiger partial charge is 0.512 e. The number of nitrogens with zero attached hydrogens (tertiary/aromatic N) is 1. The van der Waals surface area contributed by atoms with Crippen molar-refractivity contribution in [3.8, 4) is 28.4 Å². The Hall–Kier alpha value is -8.58. The van der Waals surface area contributed by atoms with Crippen LogP contribution in [0.4, 0.5) is 0 Å². The molecule has 8 aliphatic heterocycles. The number of benzene rings is 3. The summed E-state index contributed by atoms with van der Waals surface area (Å²) in [4.78, 5) is 94.4. The smallest absolute Gasteiger partial charge is 0.249 e. The summed E-state index contributed by atoms with van der Waals surface area (Å²) >= 11 is 21.4. The van der Waals surface area contributed by atoms with E-state index in [1.807, 2.05) is 39.0 Å². The monoisotopic (exact) mass is 1650 g/mol. The Kier molecular flexibility index (Phi) is 25.9. The van der Waals surface area contributed by atoms with Gasteiger partial charge in [-0.3, -0.25) is 33.8 Å². The highest BCUT2D eigenvalue weighted by molar-refractivity contribution is 6.31. The van der Waals surface area contributed by atoms with Gasteiger partial charge in [0.05, 0.1) is 72.5 Å². The van der Waals surface area contributed by atoms with E-state index < -0.39 is 200 Å². The summed E-state index contributed by atoms with van der Waals surface area (Å²) in [5, 5.41) is 126. The number of hydrogen-bond donors (Lipinski definition) is 18. The molecule has 0 aromatic heterocycles. The number of primary amides is 1. The van der Waals surface area contributed by atoms with E-state index in [2.05, 4.69) is 37.2 Å². The highest BCUT2D eigenvalue weighted by Gasteiger charge is 2.54. The van der Waals surface area contributed by atoms with Gasteiger partial charge < -0.3 is 123 Å². The third kappa shape index (κ3) is 17.8. The third-order valence-electron chi connectivity index (χ3n) is 22.9. The molecule has 8 heterocycles. The van der Waals surface area contributed by atoms with Crippen molar-refractivity contribution < 1.29 is 103 Å². The summed E-state index contributed by atoms with van der Waals surface area (Å²) in [6.45, 7) is 5.18. The van der Waals surface area contributed by atoms with Crippen LogP contribution in [-0.2, 0) is 49.5 Å². The maximum atomic E-state index is 15.9. The van der Waals surface area contributed by atoms with Gasteiger partial charge in [-0.25, -0.2) is 0 Å². The van der Waals surface area contributed by atoms with Crippen LogP contribution in [0.25, 0.3) is 11.1 Å². The van der Waals surface area contributed by atoms with E-state index >= 15 is 19.2 Å². The Morgan fingerprint density at radius 1 is 0.809 bits per heavy atom. The molecule has 21 atom stereocenters. The fourth-order valence-corrected chi connectivity index (χ4v) is 17.4. The number of amides is 6. The number of nitrogens with one attached hydrogen (secondary N) is 7. The van der Waals surface area contributed by atoms with Gasteiger partial charge in [-0.1, -0.05) is 85.6 Å². The Labute approximate surface area is 677 Å². The highest BCUT2D eigenvalue weighted by atomic mass is 35.5. The number of amidine groups is 1. The lowest BCUT2D eigenvalue weighted by Gasteiger charge is -2.49. The first-order chi connectivity index (χ1) is 54.8. The van der Waals surface area contributed by atoms with E-state index in [1.165, 1.54) is 48.6 Å². The van der Waals surface area contributed by atoms with Crippen LogP contribution in [0.1, 0.15) is 114 Å². The number of aliphatic hydroxyl groups is 9. The third-order valence-corrected chi connectivity index (χ3v) is 23.9. The lowest BCUT2D eigenvalue weighted by atomic mass is 9.73. The van der Waals surface area contributed by atoms with Crippen LogP contribution in [0, 0.1) is 11.8 Å². The fourth-order valence-electron chi connectivity index (χ4n) is 16.8. The average Bonchev–Trinajstić information content (AvgIpc) is 1.72. The zero-order valence-corrected chi connectivity index (χ0v) is 65.9. The Morgan fingerprint density at radius 2 is 1.54 bits per heavy atom. The number of ether oxygens (including phenoxy) is 6. The van der Waals surface area contributed by atoms with E-state index in [0.717, 1.165) is 0 Å². The first-order valence-electron chi connectivity index (χ1n) is 38.4. The standard InChI is InChI=1S/C81H97Cl3N10O21/c1-34(2)20-52(87-5)76(106)93-66-68(101)39-11-17-55(49(83)23-39)111-57-25-42-26-58(71(57)115-80-72-63(70(103)59(33-97)113-80)47-21-36(6-15-45(47)37-9-13-43(82)14-10-37)30-88-81(4)29-61(114-72)110-35(3)73(81)104)112-56-18-12-40(24-50(56)84)69(102)67-79(109)90-53(32-96)48-27-44(98)28-54(99)62(48)46-22-38(7-8-41(46)31-95)65(77(107)94-67)91-74(86)64(42)92-75(105)51(89-78(66)108)16-19-60(85)100/h6-10,12-15,18,21,23,25-27,34-35,44,46,50-53,59,61,63-70,72-73,80,87-88,95-99,101-104H,11,16-17,19-20,22,24,28-33H2,1-5H3,(H2,85,100)(H2,86,91)(H,89,108)(H,90,109)(H,92,105)(H,93,106)(H,94,107)/t35?,44?,46?,50?,51-,52+,53+,59?,61-,63-,64+,65+,66+,67-,68+,69+,70?,72?,73+,80+,81?/m0/s1. The second-order valence-electron chi connectivity index (χ2n) is 31.3. The maximum absolute atomic E-state index is 15.9. The average molecular weight is 1650 g/mol. The quantitative estimate of drug-likeness (QED) is 0.103. The zero-order chi connectivity index (χ0) is 82.3. The minimum atomic E-state index is -1.99. The molecule has 4 aliphatic carbocycles. The SMILES string of the molecule is CN[C@H](CC(C)C)C(=O)N[C@H]1C(=O)N[C@@H](CCC(N)=O)C(=O)N[C@H]2C(N)=N[C@H]3C(=O)N[C@H](C(=O)N[C@H](CO)C4=CC(O)CC(O)=C4C4CC3=CC=C4CO)[C@H](O)C3=CC=C(Oc4cc2cc(c4O[C@H]2OC(CO)C(O)[C@@H]4c5cc(ccc5-c5ccc(Cl)cc5)CNC5(C)C[C@H](OC24)OC(C)[C@H]5O)OC2=C(Cl)C=C(CC2)[C@H]1O)C(Cl)C3. The molecule has 0 spiro atoms. The number of fused-ring (bicyclic) bond motifs is 20. The van der Waals surface area contributed by atoms with Gasteiger partial charge in [0.15, 0.2) is 23.8 Å². The van der Waals surface area contributed by atoms with Crippen molar-refractivity contribution in [1.82, 2.24) is 37.2 Å². The van der Waals surface area contributed by atoms with Crippen LogP contribution in [0.3, 0.4) is 0 Å². The Bertz CT molecular complexity index is 4600. The molecule has 15 rings (SSSR count). The first kappa shape index (κ1) is 84.3. The van der Waals surface area contributed by atoms with Crippen molar-refractivity contribution in [2.45, 2.75) is 213 Å². The van der Waals surface area contributed by atoms with Crippen LogP contribution < -0.4 is 62.9 Å². The maximum Gasteiger partial charge on any atom is 0.249 e. The number of aliphatic imine (C=N–C) groups is 1. The minimum Gasteiger partial charge on any atom is -0.512 e. The predicted molar refractivity (Wildman–Crippen MR) is 419 cm³/mol. The van der Waals surface area contributed by atoms with Crippen LogP contribution in [0.15, 0.2) is 152 Å². The molecule has 15 bridgehead atoms. The summed E-state index contributed by atoms with van der Waals surface area (Å²) < 4.78 is 42.0. The molecule has 3 fully saturated rings. The van der Waals surface area contributed by atoms with Gasteiger partial charge in [0.25, 0.3) is 0 Å². The molecule has 12 aliphatic rings. The van der Waals surface area contributed by atoms with Gasteiger partial charge in [0, 0.05) is 60.2 Å². The number of carbonyl (C=O) groups is 6. The van der Waals surface area contributed by atoms with Crippen molar-refractivity contribution in [1.29, 1.82) is 0 Å². The summed E-state index contributed by atoms with van der Waals surface area (Å²) in [5.41, 5.74) is 15.1. The molecule has 0 radical (unpaired) electrons. The molecule has 6 amide bonds. The summed E-state index contributed by atoms with van der Waals surface area (Å²) in [7, 11) is 1.54. The molecule has 34 heteroatoms. The van der Waals surface area contributed by atoms with E-state index in [-0.39, 0.29) is 136 Å². The molecule has 115 heavy (non-hydrogen) atoms. The topological polar surface area (TPSA) is 488 Å². The number of allylic oxidation sites excluding steroid dienone is 8. The van der Waals surface area contributed by atoms with E-state index in [0.29, 0.717) is 27.3 Å². The van der Waals surface area contributed by atoms with Gasteiger partial charge >= 0.3 is 0 Å². The normalized spacial score (nSPS) is 32.8. The van der Waals surface area contributed by atoms with E-state index in [1.54, 1.807) is 38.2 Å². The Morgan fingerprint density at radius 3 is 2.23 bits per heavy atom. The molecular formula is C81H97Cl3N10O21. The van der Waals surface area contributed by atoms with Crippen LogP contribution in [0.5, 0.6) is 17.2 Å². The molecule has 3 aromatic rings. The first-order valence-corrected chi connectivity index (χ1v) is 39.6. The number of likely N-dealkylation sites (N-methyl/N-ethyl adjacent to an activating group) is 1. The van der Waals surface area contributed by atoms with Gasteiger partial charge in [-0.2, -0.15) is 0 Å². The number of halogens is 3. The second-order valence-corrected chi connectivity index (χ2v) is 32.7. The number of carbonyl (C=O) groups excluding carboxylic acids is 6. The number of alkyl halides is 1. The second kappa shape index (κ2) is 35.3. The van der Waals surface area contributed by atoms with Crippen LogP contribution >= 0.6 is 34.8 Å². The highest BCUT2D eigenvalue weighted by Crippen LogP contribution is 2.51. The van der Waals surface area contributed by atoms with E-state index in [4.69, 9.17) is 79.7 Å². The molecular weight excluding hydrogens is 1560 g/mol. The Balaban J connectivity index is 1.07. The van der Waals surface area contributed by atoms with Gasteiger partial charge in [-0.05, 0) is 157 Å². The summed E-state index contributed by atoms with van der Waals surface area (Å²) in [6, 6.07) is 3.44. The molecule has 31 nitrogen and oxygen atoms in total. The van der Waals surface area contributed by atoms with E-state index in [9.17, 15) is 55.5 Å². The molecule has 20 N–H and O–H groups in total. The minimum absolute atomic E-state index is 0.00298. The molecule has 618 valence electrons.